The van der Waals surface area contributed by atoms with Gasteiger partial charge in [0, 0.05) is 17.8 Å². The number of ether oxygens (including phenoxy) is 1. The molecule has 3 rings (SSSR count). The summed E-state index contributed by atoms with van der Waals surface area (Å²) in [6.45, 7) is 20.6. The molecule has 1 aliphatic heterocycles. The Hall–Kier alpha value is -1.66. The number of unbranched alkanes of at least 4 members (excludes halogenated alkanes) is 8. The lowest BCUT2D eigenvalue weighted by atomic mass is 9.67. The summed E-state index contributed by atoms with van der Waals surface area (Å²) in [4.78, 5) is 26.1. The van der Waals surface area contributed by atoms with Crippen LogP contribution in [0.15, 0.2) is 18.2 Å². The van der Waals surface area contributed by atoms with Crippen molar-refractivity contribution in [1.82, 2.24) is 5.32 Å². The maximum absolute atomic E-state index is 13.5. The van der Waals surface area contributed by atoms with Gasteiger partial charge in [-0.25, -0.2) is 0 Å². The standard InChI is InChI=1S/C34H57NO4Si/c1-10-11-12-13-14-15-16-17-18-19-29(36)39-25-20-21-26-27(22-25)34(7,24(2)3)31-30(26)28(35-32(31)37)23-38-40(8,9)33(4,5)6/h20-22,24,28,30-31H,10-19,23H2,1-9H3,(H,35,37)/t28-,30-,31-,34+/m1/s1. The monoisotopic (exact) mass is 571 g/mol. The first-order chi connectivity index (χ1) is 18.7. The molecular weight excluding hydrogens is 514 g/mol. The first-order valence-corrected chi connectivity index (χ1v) is 18.9. The van der Waals surface area contributed by atoms with Crippen molar-refractivity contribution in [3.63, 3.8) is 0 Å². The van der Waals surface area contributed by atoms with E-state index in [4.69, 9.17) is 9.16 Å². The van der Waals surface area contributed by atoms with Gasteiger partial charge in [-0.3, -0.25) is 9.59 Å². The Labute approximate surface area is 245 Å². The summed E-state index contributed by atoms with van der Waals surface area (Å²) in [6.07, 6.45) is 11.5. The van der Waals surface area contributed by atoms with Crippen molar-refractivity contribution in [3.05, 3.63) is 29.3 Å². The third-order valence-corrected chi connectivity index (χ3v) is 14.9. The van der Waals surface area contributed by atoms with Crippen LogP contribution in [-0.2, 0) is 19.4 Å². The van der Waals surface area contributed by atoms with Gasteiger partial charge in [0.25, 0.3) is 0 Å². The number of nitrogens with one attached hydrogen (secondary N) is 1. The zero-order valence-electron chi connectivity index (χ0n) is 27.0. The molecule has 0 unspecified atom stereocenters. The van der Waals surface area contributed by atoms with Gasteiger partial charge in [-0.15, -0.1) is 0 Å². The minimum atomic E-state index is -1.95. The van der Waals surface area contributed by atoms with Gasteiger partial charge >= 0.3 is 5.97 Å². The van der Waals surface area contributed by atoms with Crippen molar-refractivity contribution in [2.75, 3.05) is 6.61 Å². The van der Waals surface area contributed by atoms with Crippen LogP contribution in [0.4, 0.5) is 0 Å². The number of fused-ring (bicyclic) bond motifs is 3. The molecular formula is C34H57NO4Si. The molecule has 0 radical (unpaired) electrons. The van der Waals surface area contributed by atoms with E-state index in [-0.39, 0.29) is 46.1 Å². The van der Waals surface area contributed by atoms with Crippen LogP contribution in [-0.4, -0.2) is 32.8 Å². The van der Waals surface area contributed by atoms with Crippen molar-refractivity contribution in [3.8, 4) is 5.75 Å². The molecule has 0 spiro atoms. The van der Waals surface area contributed by atoms with Crippen LogP contribution < -0.4 is 10.1 Å². The first kappa shape index (κ1) is 32.8. The summed E-state index contributed by atoms with van der Waals surface area (Å²) in [7, 11) is -1.95. The van der Waals surface area contributed by atoms with Crippen molar-refractivity contribution in [2.45, 2.75) is 148 Å². The summed E-state index contributed by atoms with van der Waals surface area (Å²) in [5.74, 6) is 0.715. The van der Waals surface area contributed by atoms with Gasteiger partial charge in [0.1, 0.15) is 5.75 Å². The van der Waals surface area contributed by atoms with Gasteiger partial charge in [0.15, 0.2) is 8.32 Å². The number of amides is 1. The number of rotatable bonds is 15. The molecule has 40 heavy (non-hydrogen) atoms. The minimum Gasteiger partial charge on any atom is -0.427 e. The lowest BCUT2D eigenvalue weighted by Crippen LogP contribution is -2.45. The summed E-state index contributed by atoms with van der Waals surface area (Å²) in [5.41, 5.74) is 2.01. The summed E-state index contributed by atoms with van der Waals surface area (Å²) < 4.78 is 12.4. The van der Waals surface area contributed by atoms with Gasteiger partial charge in [0.2, 0.25) is 5.91 Å². The topological polar surface area (TPSA) is 64.6 Å². The fourth-order valence-electron chi connectivity index (χ4n) is 6.42. The molecule has 1 heterocycles. The van der Waals surface area contributed by atoms with E-state index in [0.717, 1.165) is 18.4 Å². The summed E-state index contributed by atoms with van der Waals surface area (Å²) >= 11 is 0. The molecule has 226 valence electrons. The number of benzene rings is 1. The van der Waals surface area contributed by atoms with E-state index in [1.54, 1.807) is 0 Å². The zero-order chi connectivity index (χ0) is 29.7. The van der Waals surface area contributed by atoms with E-state index in [0.29, 0.717) is 18.8 Å². The molecule has 1 N–H and O–H groups in total. The Morgan fingerprint density at radius 1 is 1.02 bits per heavy atom. The molecule has 1 saturated heterocycles. The average Bonchev–Trinajstić information content (AvgIpc) is 3.34. The molecule has 0 saturated carbocycles. The normalized spacial score (nSPS) is 24.2. The van der Waals surface area contributed by atoms with E-state index in [1.165, 1.54) is 50.5 Å². The highest BCUT2D eigenvalue weighted by Gasteiger charge is 2.60. The lowest BCUT2D eigenvalue weighted by Gasteiger charge is -2.37. The second-order valence-electron chi connectivity index (χ2n) is 14.4. The molecule has 4 atom stereocenters. The van der Waals surface area contributed by atoms with Gasteiger partial charge < -0.3 is 14.5 Å². The van der Waals surface area contributed by atoms with Crippen molar-refractivity contribution in [2.24, 2.45) is 11.8 Å². The smallest absolute Gasteiger partial charge is 0.311 e. The predicted molar refractivity (Wildman–Crippen MR) is 167 cm³/mol. The van der Waals surface area contributed by atoms with Crippen molar-refractivity contribution in [1.29, 1.82) is 0 Å². The first-order valence-electron chi connectivity index (χ1n) is 16.0. The highest BCUT2D eigenvalue weighted by atomic mass is 28.4. The molecule has 1 aliphatic carbocycles. The molecule has 1 aromatic carbocycles. The van der Waals surface area contributed by atoms with Gasteiger partial charge in [-0.1, -0.05) is 106 Å². The maximum Gasteiger partial charge on any atom is 0.311 e. The molecule has 0 aromatic heterocycles. The highest BCUT2D eigenvalue weighted by molar-refractivity contribution is 6.74. The molecule has 2 aliphatic rings. The predicted octanol–water partition coefficient (Wildman–Crippen LogP) is 8.66. The quantitative estimate of drug-likeness (QED) is 0.0990. The van der Waals surface area contributed by atoms with E-state index >= 15 is 0 Å². The molecule has 1 amide bonds. The Morgan fingerprint density at radius 3 is 2.20 bits per heavy atom. The van der Waals surface area contributed by atoms with Crippen LogP contribution in [0.2, 0.25) is 18.1 Å². The fourth-order valence-corrected chi connectivity index (χ4v) is 7.44. The second kappa shape index (κ2) is 13.5. The molecule has 1 aromatic rings. The van der Waals surface area contributed by atoms with Crippen LogP contribution >= 0.6 is 0 Å². The van der Waals surface area contributed by atoms with Crippen LogP contribution in [0.5, 0.6) is 5.75 Å². The van der Waals surface area contributed by atoms with Crippen LogP contribution in [0, 0.1) is 11.8 Å². The number of carbonyl (C=O) groups excluding carboxylic acids is 2. The van der Waals surface area contributed by atoms with Gasteiger partial charge in [-0.05, 0) is 53.7 Å². The SMILES string of the molecule is CCCCCCCCCCCC(=O)Oc1ccc2c(c1)[C@](C)(C(C)C)[C@H]1C(=O)N[C@H](CO[Si](C)(C)C(C)(C)C)[C@@H]21. The molecule has 1 fully saturated rings. The lowest BCUT2D eigenvalue weighted by molar-refractivity contribution is -0.134. The highest BCUT2D eigenvalue weighted by Crippen LogP contribution is 2.58. The Kier molecular flexibility index (Phi) is 11.1. The summed E-state index contributed by atoms with van der Waals surface area (Å²) in [6, 6.07) is 6.01. The zero-order valence-corrected chi connectivity index (χ0v) is 28.0. The molecule has 0 bridgehead atoms. The van der Waals surface area contributed by atoms with E-state index in [1.807, 2.05) is 12.1 Å². The summed E-state index contributed by atoms with van der Waals surface area (Å²) in [5, 5.41) is 3.41. The van der Waals surface area contributed by atoms with E-state index < -0.39 is 8.32 Å². The minimum absolute atomic E-state index is 0.0500. The number of hydrogen-bond acceptors (Lipinski definition) is 4. The number of esters is 1. The van der Waals surface area contributed by atoms with Crippen LogP contribution in [0.3, 0.4) is 0 Å². The third-order valence-electron chi connectivity index (χ3n) is 10.4. The molecule has 6 heteroatoms. The van der Waals surface area contributed by atoms with E-state index in [2.05, 4.69) is 72.9 Å². The Bertz CT molecular complexity index is 1010. The van der Waals surface area contributed by atoms with Crippen molar-refractivity contribution < 1.29 is 18.8 Å². The Morgan fingerprint density at radius 2 is 1.62 bits per heavy atom. The van der Waals surface area contributed by atoms with Gasteiger partial charge in [-0.2, -0.15) is 0 Å². The van der Waals surface area contributed by atoms with Gasteiger partial charge in [0.05, 0.1) is 18.6 Å². The Balaban J connectivity index is 1.66. The number of hydrogen-bond donors (Lipinski definition) is 1. The maximum atomic E-state index is 13.5. The average molecular weight is 572 g/mol. The second-order valence-corrected chi connectivity index (χ2v) is 19.2. The van der Waals surface area contributed by atoms with Crippen LogP contribution in [0.25, 0.3) is 0 Å². The van der Waals surface area contributed by atoms with E-state index in [9.17, 15) is 9.59 Å². The molecule has 5 nitrogen and oxygen atoms in total. The number of carbonyl (C=O) groups is 2. The fraction of sp³-hybridized carbons (Fsp3) is 0.765. The van der Waals surface area contributed by atoms with Crippen molar-refractivity contribution >= 4 is 20.2 Å². The third kappa shape index (κ3) is 7.21. The largest absolute Gasteiger partial charge is 0.427 e. The van der Waals surface area contributed by atoms with Crippen LogP contribution in [0.1, 0.15) is 130 Å².